The van der Waals surface area contributed by atoms with Crippen molar-refractivity contribution >= 4 is 5.82 Å². The maximum atomic E-state index is 5.72. The first-order valence-corrected chi connectivity index (χ1v) is 5.70. The Bertz CT molecular complexity index is 315. The summed E-state index contributed by atoms with van der Waals surface area (Å²) >= 11 is 0. The van der Waals surface area contributed by atoms with Gasteiger partial charge in [-0.05, 0) is 26.3 Å². The molecule has 1 aromatic heterocycles. The van der Waals surface area contributed by atoms with Gasteiger partial charge in [0.1, 0.15) is 5.82 Å². The Morgan fingerprint density at radius 1 is 1.50 bits per heavy atom. The zero-order chi connectivity index (χ0) is 12.0. The van der Waals surface area contributed by atoms with E-state index in [-0.39, 0.29) is 6.04 Å². The number of anilines is 1. The smallest absolute Gasteiger partial charge is 0.215 e. The van der Waals surface area contributed by atoms with Crippen LogP contribution in [0.5, 0.6) is 5.88 Å². The number of hydrogen-bond donors (Lipinski definition) is 1. The summed E-state index contributed by atoms with van der Waals surface area (Å²) in [6, 6.07) is 6.02. The van der Waals surface area contributed by atoms with E-state index < -0.39 is 0 Å². The van der Waals surface area contributed by atoms with Gasteiger partial charge in [0.05, 0.1) is 6.61 Å². The average molecular weight is 223 g/mol. The summed E-state index contributed by atoms with van der Waals surface area (Å²) in [5.41, 5.74) is 5.72. The predicted molar refractivity (Wildman–Crippen MR) is 66.9 cm³/mol. The van der Waals surface area contributed by atoms with Crippen molar-refractivity contribution in [2.75, 3.05) is 25.1 Å². The van der Waals surface area contributed by atoms with Crippen LogP contribution in [0, 0.1) is 0 Å². The van der Waals surface area contributed by atoms with E-state index in [1.165, 1.54) is 0 Å². The van der Waals surface area contributed by atoms with E-state index in [0.717, 1.165) is 18.8 Å². The summed E-state index contributed by atoms with van der Waals surface area (Å²) in [5, 5.41) is 0. The topological polar surface area (TPSA) is 51.4 Å². The van der Waals surface area contributed by atoms with Crippen LogP contribution in [0.25, 0.3) is 0 Å². The van der Waals surface area contributed by atoms with Gasteiger partial charge < -0.3 is 15.4 Å². The zero-order valence-electron chi connectivity index (χ0n) is 10.3. The SMILES string of the molecule is CCOc1cccc(N(C)CCC(C)N)n1. The molecule has 0 aromatic carbocycles. The molecule has 90 valence electrons. The quantitative estimate of drug-likeness (QED) is 0.796. The highest BCUT2D eigenvalue weighted by atomic mass is 16.5. The molecule has 1 atom stereocenters. The van der Waals surface area contributed by atoms with Crippen LogP contribution in [-0.2, 0) is 0 Å². The molecule has 0 amide bonds. The van der Waals surface area contributed by atoms with Gasteiger partial charge in [0.2, 0.25) is 5.88 Å². The molecule has 0 aliphatic carbocycles. The lowest BCUT2D eigenvalue weighted by Crippen LogP contribution is -2.26. The fourth-order valence-electron chi connectivity index (χ4n) is 1.36. The monoisotopic (exact) mass is 223 g/mol. The van der Waals surface area contributed by atoms with Crippen LogP contribution in [-0.4, -0.2) is 31.2 Å². The lowest BCUT2D eigenvalue weighted by Gasteiger charge is -2.19. The van der Waals surface area contributed by atoms with E-state index in [2.05, 4.69) is 9.88 Å². The Morgan fingerprint density at radius 2 is 2.25 bits per heavy atom. The van der Waals surface area contributed by atoms with Gasteiger partial charge in [0.15, 0.2) is 0 Å². The van der Waals surface area contributed by atoms with Crippen LogP contribution in [0.2, 0.25) is 0 Å². The molecular formula is C12H21N3O. The molecule has 16 heavy (non-hydrogen) atoms. The predicted octanol–water partition coefficient (Wildman–Crippen LogP) is 1.65. The van der Waals surface area contributed by atoms with Gasteiger partial charge >= 0.3 is 0 Å². The lowest BCUT2D eigenvalue weighted by molar-refractivity contribution is 0.327. The van der Waals surface area contributed by atoms with Crippen molar-refractivity contribution in [1.82, 2.24) is 4.98 Å². The normalized spacial score (nSPS) is 12.2. The van der Waals surface area contributed by atoms with Crippen molar-refractivity contribution in [2.24, 2.45) is 5.73 Å². The first-order chi connectivity index (χ1) is 7.63. The second-order valence-electron chi connectivity index (χ2n) is 3.95. The minimum atomic E-state index is 0.220. The average Bonchev–Trinajstić information content (AvgIpc) is 2.26. The minimum Gasteiger partial charge on any atom is -0.478 e. The molecule has 1 heterocycles. The number of aromatic nitrogens is 1. The fraction of sp³-hybridized carbons (Fsp3) is 0.583. The third-order valence-electron chi connectivity index (χ3n) is 2.31. The van der Waals surface area contributed by atoms with Crippen molar-refractivity contribution in [3.63, 3.8) is 0 Å². The van der Waals surface area contributed by atoms with Gasteiger partial charge in [0, 0.05) is 25.7 Å². The minimum absolute atomic E-state index is 0.220. The maximum Gasteiger partial charge on any atom is 0.215 e. The molecule has 1 aromatic rings. The summed E-state index contributed by atoms with van der Waals surface area (Å²) < 4.78 is 5.36. The van der Waals surface area contributed by atoms with Crippen molar-refractivity contribution < 1.29 is 4.74 Å². The Hall–Kier alpha value is -1.29. The molecule has 0 fully saturated rings. The van der Waals surface area contributed by atoms with E-state index in [0.29, 0.717) is 12.5 Å². The van der Waals surface area contributed by atoms with Crippen molar-refractivity contribution in [1.29, 1.82) is 0 Å². The van der Waals surface area contributed by atoms with Crippen LogP contribution in [0.15, 0.2) is 18.2 Å². The van der Waals surface area contributed by atoms with E-state index in [1.807, 2.05) is 39.1 Å². The summed E-state index contributed by atoms with van der Waals surface area (Å²) in [6.07, 6.45) is 0.955. The number of pyridine rings is 1. The molecule has 1 unspecified atom stereocenters. The molecule has 0 saturated carbocycles. The summed E-state index contributed by atoms with van der Waals surface area (Å²) in [4.78, 5) is 6.49. The molecule has 0 bridgehead atoms. The molecule has 4 heteroatoms. The molecule has 0 aliphatic heterocycles. The second kappa shape index (κ2) is 6.33. The molecule has 0 aliphatic rings. The first kappa shape index (κ1) is 12.8. The largest absolute Gasteiger partial charge is 0.478 e. The number of nitrogens with zero attached hydrogens (tertiary/aromatic N) is 2. The molecule has 0 saturated heterocycles. The van der Waals surface area contributed by atoms with Crippen molar-refractivity contribution in [2.45, 2.75) is 26.3 Å². The van der Waals surface area contributed by atoms with Crippen LogP contribution in [0.3, 0.4) is 0 Å². The molecular weight excluding hydrogens is 202 g/mol. The summed E-state index contributed by atoms with van der Waals surface area (Å²) in [7, 11) is 2.01. The molecule has 0 spiro atoms. The first-order valence-electron chi connectivity index (χ1n) is 5.70. The Balaban J connectivity index is 2.60. The third kappa shape index (κ3) is 4.06. The maximum absolute atomic E-state index is 5.72. The molecule has 2 N–H and O–H groups in total. The van der Waals surface area contributed by atoms with E-state index in [1.54, 1.807) is 0 Å². The van der Waals surface area contributed by atoms with Crippen LogP contribution < -0.4 is 15.4 Å². The second-order valence-corrected chi connectivity index (χ2v) is 3.95. The highest BCUT2D eigenvalue weighted by Gasteiger charge is 2.04. The number of nitrogens with two attached hydrogens (primary N) is 1. The van der Waals surface area contributed by atoms with Gasteiger partial charge in [-0.1, -0.05) is 6.07 Å². The van der Waals surface area contributed by atoms with Crippen molar-refractivity contribution in [3.8, 4) is 5.88 Å². The van der Waals surface area contributed by atoms with Crippen LogP contribution in [0.1, 0.15) is 20.3 Å². The summed E-state index contributed by atoms with van der Waals surface area (Å²) in [5.74, 6) is 1.60. The molecule has 0 radical (unpaired) electrons. The van der Waals surface area contributed by atoms with Gasteiger partial charge in [-0.15, -0.1) is 0 Å². The van der Waals surface area contributed by atoms with E-state index in [4.69, 9.17) is 10.5 Å². The van der Waals surface area contributed by atoms with Gasteiger partial charge in [-0.25, -0.2) is 0 Å². The zero-order valence-corrected chi connectivity index (χ0v) is 10.3. The van der Waals surface area contributed by atoms with Gasteiger partial charge in [0.25, 0.3) is 0 Å². The van der Waals surface area contributed by atoms with E-state index in [9.17, 15) is 0 Å². The van der Waals surface area contributed by atoms with Crippen LogP contribution >= 0.6 is 0 Å². The standard InChI is InChI=1S/C12H21N3O/c1-4-16-12-7-5-6-11(14-12)15(3)9-8-10(2)13/h5-7,10H,4,8-9,13H2,1-3H3. The van der Waals surface area contributed by atoms with Gasteiger partial charge in [-0.3, -0.25) is 0 Å². The van der Waals surface area contributed by atoms with Crippen molar-refractivity contribution in [3.05, 3.63) is 18.2 Å². The number of ether oxygens (including phenoxy) is 1. The highest BCUT2D eigenvalue weighted by molar-refractivity contribution is 5.39. The van der Waals surface area contributed by atoms with E-state index >= 15 is 0 Å². The number of hydrogen-bond acceptors (Lipinski definition) is 4. The fourth-order valence-corrected chi connectivity index (χ4v) is 1.36. The summed E-state index contributed by atoms with van der Waals surface area (Å²) in [6.45, 7) is 5.51. The van der Waals surface area contributed by atoms with Crippen LogP contribution in [0.4, 0.5) is 5.82 Å². The van der Waals surface area contributed by atoms with Gasteiger partial charge in [-0.2, -0.15) is 4.98 Å². The third-order valence-corrected chi connectivity index (χ3v) is 2.31. The highest BCUT2D eigenvalue weighted by Crippen LogP contribution is 2.14. The molecule has 1 rings (SSSR count). The Morgan fingerprint density at radius 3 is 2.88 bits per heavy atom. The Labute approximate surface area is 97.4 Å². The lowest BCUT2D eigenvalue weighted by atomic mass is 10.2. The molecule has 4 nitrogen and oxygen atoms in total. The Kier molecular flexibility index (Phi) is 5.05. The number of rotatable bonds is 6.